The monoisotopic (exact) mass is 336 g/mol. The number of aliphatic hydroxyl groups excluding tert-OH is 1. The van der Waals surface area contributed by atoms with Gasteiger partial charge in [-0.15, -0.1) is 0 Å². The highest BCUT2D eigenvalue weighted by atomic mass is 32.2. The average molecular weight is 336 g/mol. The Morgan fingerprint density at radius 2 is 2.26 bits per heavy atom. The molecule has 0 amide bonds. The average Bonchev–Trinajstić information content (AvgIpc) is 2.88. The highest BCUT2D eigenvalue weighted by molar-refractivity contribution is 7.99. The first-order valence-corrected chi connectivity index (χ1v) is 8.98. The van der Waals surface area contributed by atoms with Crippen LogP contribution in [0.15, 0.2) is 29.5 Å². The molecule has 2 rings (SSSR count). The Hall–Kier alpha value is -1.46. The first kappa shape index (κ1) is 17.9. The van der Waals surface area contributed by atoms with Gasteiger partial charge in [-0.3, -0.25) is 4.79 Å². The summed E-state index contributed by atoms with van der Waals surface area (Å²) in [5, 5.41) is 10.7. The summed E-state index contributed by atoms with van der Waals surface area (Å²) >= 11 is 1.72. The normalized spacial score (nSPS) is 19.0. The van der Waals surface area contributed by atoms with Gasteiger partial charge in [0.2, 0.25) is 0 Å². The maximum absolute atomic E-state index is 12.5. The van der Waals surface area contributed by atoms with E-state index in [1.165, 1.54) is 0 Å². The largest absolute Gasteiger partial charge is 0.509 e. The molecule has 1 aliphatic heterocycles. The van der Waals surface area contributed by atoms with E-state index >= 15 is 0 Å². The third kappa shape index (κ3) is 4.30. The van der Waals surface area contributed by atoms with Crippen LogP contribution in [0, 0.1) is 6.92 Å². The molecule has 23 heavy (non-hydrogen) atoms. The van der Waals surface area contributed by atoms with E-state index in [0.717, 1.165) is 16.9 Å². The molecule has 0 spiro atoms. The van der Waals surface area contributed by atoms with Crippen LogP contribution in [0.2, 0.25) is 0 Å². The molecule has 5 heteroatoms. The van der Waals surface area contributed by atoms with Crippen molar-refractivity contribution in [2.24, 2.45) is 0 Å². The zero-order chi connectivity index (χ0) is 17.0. The van der Waals surface area contributed by atoms with Gasteiger partial charge in [0, 0.05) is 11.7 Å². The van der Waals surface area contributed by atoms with Gasteiger partial charge in [0.1, 0.15) is 17.6 Å². The lowest BCUT2D eigenvalue weighted by Crippen LogP contribution is -2.15. The predicted octanol–water partition coefficient (Wildman–Crippen LogP) is 3.47. The summed E-state index contributed by atoms with van der Waals surface area (Å²) < 4.78 is 10.8. The number of ketones is 1. The van der Waals surface area contributed by atoms with Crippen LogP contribution in [0.5, 0.6) is 5.75 Å². The molecule has 1 N–H and O–H groups in total. The fraction of sp³-hybridized carbons (Fsp3) is 0.500. The van der Waals surface area contributed by atoms with Crippen LogP contribution in [-0.2, 0) is 16.0 Å². The van der Waals surface area contributed by atoms with Gasteiger partial charge in [0.05, 0.1) is 19.3 Å². The number of ether oxygens (including phenoxy) is 2. The van der Waals surface area contributed by atoms with Crippen LogP contribution in [0.1, 0.15) is 24.5 Å². The molecular formula is C18H24O4S. The Kier molecular flexibility index (Phi) is 6.13. The van der Waals surface area contributed by atoms with E-state index in [0.29, 0.717) is 17.2 Å². The quantitative estimate of drug-likeness (QED) is 0.826. The van der Waals surface area contributed by atoms with Crippen molar-refractivity contribution in [1.29, 1.82) is 0 Å². The fourth-order valence-corrected chi connectivity index (χ4v) is 3.04. The Balaban J connectivity index is 2.07. The molecule has 0 aliphatic carbocycles. The molecule has 1 aromatic carbocycles. The van der Waals surface area contributed by atoms with Gasteiger partial charge in [0.25, 0.3) is 0 Å². The number of Topliss-reactive ketones (excluding diaryl/α,β-unsaturated/α-hetero) is 1. The highest BCUT2D eigenvalue weighted by Crippen LogP contribution is 2.27. The number of hydrogen-bond acceptors (Lipinski definition) is 5. The van der Waals surface area contributed by atoms with Gasteiger partial charge in [-0.05, 0) is 36.8 Å². The Morgan fingerprint density at radius 3 is 2.87 bits per heavy atom. The smallest absolute Gasteiger partial charge is 0.169 e. The molecule has 1 aromatic rings. The third-order valence-corrected chi connectivity index (χ3v) is 5.15. The summed E-state index contributed by atoms with van der Waals surface area (Å²) in [6, 6.07) is 5.68. The lowest BCUT2D eigenvalue weighted by Gasteiger charge is -2.14. The van der Waals surface area contributed by atoms with Crippen LogP contribution in [0.25, 0.3) is 0 Å². The first-order valence-electron chi connectivity index (χ1n) is 7.69. The minimum Gasteiger partial charge on any atom is -0.509 e. The van der Waals surface area contributed by atoms with Crippen LogP contribution >= 0.6 is 11.8 Å². The minimum atomic E-state index is -0.353. The number of aryl methyl sites for hydroxylation is 1. The van der Waals surface area contributed by atoms with Crippen LogP contribution in [0.4, 0.5) is 0 Å². The van der Waals surface area contributed by atoms with Crippen molar-refractivity contribution in [1.82, 2.24) is 0 Å². The number of thioether (sulfide) groups is 1. The fourth-order valence-electron chi connectivity index (χ4n) is 2.67. The second-order valence-electron chi connectivity index (χ2n) is 5.85. The van der Waals surface area contributed by atoms with E-state index in [1.54, 1.807) is 18.9 Å². The van der Waals surface area contributed by atoms with Gasteiger partial charge >= 0.3 is 0 Å². The van der Waals surface area contributed by atoms with Crippen LogP contribution in [-0.4, -0.2) is 42.2 Å². The molecule has 0 bridgehead atoms. The van der Waals surface area contributed by atoms with E-state index in [-0.39, 0.29) is 30.7 Å². The molecule has 4 nitrogen and oxygen atoms in total. The van der Waals surface area contributed by atoms with Gasteiger partial charge in [-0.25, -0.2) is 0 Å². The molecule has 126 valence electrons. The SMILES string of the molecule is COc1ccc(CC(=O)C2=C(O)C(CC(C)SC)OC2)cc1C. The topological polar surface area (TPSA) is 55.8 Å². The predicted molar refractivity (Wildman–Crippen MR) is 93.4 cm³/mol. The second-order valence-corrected chi connectivity index (χ2v) is 7.13. The van der Waals surface area contributed by atoms with E-state index in [9.17, 15) is 9.90 Å². The van der Waals surface area contributed by atoms with Crippen molar-refractivity contribution in [3.8, 4) is 5.75 Å². The minimum absolute atomic E-state index is 0.0774. The zero-order valence-electron chi connectivity index (χ0n) is 14.1. The number of methoxy groups -OCH3 is 1. The lowest BCUT2D eigenvalue weighted by atomic mass is 10.00. The molecule has 1 aliphatic rings. The summed E-state index contributed by atoms with van der Waals surface area (Å²) in [4.78, 5) is 12.5. The lowest BCUT2D eigenvalue weighted by molar-refractivity contribution is -0.115. The third-order valence-electron chi connectivity index (χ3n) is 4.15. The zero-order valence-corrected chi connectivity index (χ0v) is 14.9. The summed E-state index contributed by atoms with van der Waals surface area (Å²) in [7, 11) is 1.63. The van der Waals surface area contributed by atoms with Crippen molar-refractivity contribution >= 4 is 17.5 Å². The molecule has 2 unspecified atom stereocenters. The number of hydrogen-bond donors (Lipinski definition) is 1. The molecule has 2 atom stereocenters. The second kappa shape index (κ2) is 7.88. The molecule has 1 heterocycles. The number of benzene rings is 1. The molecule has 0 saturated carbocycles. The maximum Gasteiger partial charge on any atom is 0.169 e. The van der Waals surface area contributed by atoms with Crippen molar-refractivity contribution in [3.63, 3.8) is 0 Å². The van der Waals surface area contributed by atoms with Crippen molar-refractivity contribution in [2.75, 3.05) is 20.0 Å². The van der Waals surface area contributed by atoms with Gasteiger partial charge < -0.3 is 14.6 Å². The molecule has 0 aromatic heterocycles. The van der Waals surface area contributed by atoms with Crippen LogP contribution in [0.3, 0.4) is 0 Å². The Bertz CT molecular complexity index is 609. The van der Waals surface area contributed by atoms with Crippen molar-refractivity contribution in [2.45, 2.75) is 38.0 Å². The number of carbonyl (C=O) groups excluding carboxylic acids is 1. The molecular weight excluding hydrogens is 312 g/mol. The first-order chi connectivity index (χ1) is 11.0. The van der Waals surface area contributed by atoms with E-state index in [4.69, 9.17) is 9.47 Å². The summed E-state index contributed by atoms with van der Waals surface area (Å²) in [5.74, 6) is 0.839. The summed E-state index contributed by atoms with van der Waals surface area (Å²) in [6.07, 6.45) is 2.65. The number of aliphatic hydroxyl groups is 1. The van der Waals surface area contributed by atoms with E-state index in [2.05, 4.69) is 6.92 Å². The highest BCUT2D eigenvalue weighted by Gasteiger charge is 2.31. The Morgan fingerprint density at radius 1 is 1.52 bits per heavy atom. The Labute approximate surface area is 141 Å². The summed E-state index contributed by atoms with van der Waals surface area (Å²) in [5.41, 5.74) is 2.32. The van der Waals surface area contributed by atoms with Crippen molar-refractivity contribution < 1.29 is 19.4 Å². The van der Waals surface area contributed by atoms with Gasteiger partial charge in [-0.2, -0.15) is 11.8 Å². The number of carbonyl (C=O) groups is 1. The molecule has 0 saturated heterocycles. The van der Waals surface area contributed by atoms with Gasteiger partial charge in [0.15, 0.2) is 5.78 Å². The molecule has 0 fully saturated rings. The molecule has 0 radical (unpaired) electrons. The maximum atomic E-state index is 12.5. The number of rotatable bonds is 7. The van der Waals surface area contributed by atoms with Crippen molar-refractivity contribution in [3.05, 3.63) is 40.7 Å². The summed E-state index contributed by atoms with van der Waals surface area (Å²) in [6.45, 7) is 4.23. The van der Waals surface area contributed by atoms with Gasteiger partial charge in [-0.1, -0.05) is 19.1 Å². The van der Waals surface area contributed by atoms with E-state index < -0.39 is 0 Å². The van der Waals surface area contributed by atoms with E-state index in [1.807, 2.05) is 31.4 Å². The van der Waals surface area contributed by atoms with Crippen LogP contribution < -0.4 is 4.74 Å². The standard InChI is InChI=1S/C18H24O4S/c1-11-7-13(5-6-16(11)21-3)9-15(19)14-10-22-17(18(14)20)8-12(2)23-4/h5-7,12,17,20H,8-10H2,1-4H3.